The number of rotatable bonds is 4. The van der Waals surface area contributed by atoms with Gasteiger partial charge < -0.3 is 19.9 Å². The highest BCUT2D eigenvalue weighted by molar-refractivity contribution is 7.13. The molecule has 140 valence electrons. The van der Waals surface area contributed by atoms with Crippen LogP contribution in [0.15, 0.2) is 29.6 Å². The number of amides is 2. The minimum absolute atomic E-state index is 0.0558. The van der Waals surface area contributed by atoms with E-state index in [2.05, 4.69) is 20.6 Å². The van der Waals surface area contributed by atoms with Crippen molar-refractivity contribution in [3.05, 3.63) is 35.3 Å². The lowest BCUT2D eigenvalue weighted by Gasteiger charge is -2.22. The molecule has 1 fully saturated rings. The quantitative estimate of drug-likeness (QED) is 0.879. The fourth-order valence-corrected chi connectivity index (χ4v) is 3.75. The minimum atomic E-state index is -0.0558. The molecule has 1 aromatic heterocycles. The maximum atomic E-state index is 12.6. The molecule has 3 rings (SSSR count). The SMILES string of the molecule is Cc1csc(N2CCCN(C(=O)Nc3ccc(OC(C)C)cc3)CC2)n1. The van der Waals surface area contributed by atoms with Crippen LogP contribution in [-0.4, -0.2) is 48.2 Å². The van der Waals surface area contributed by atoms with E-state index >= 15 is 0 Å². The maximum absolute atomic E-state index is 12.6. The molecule has 0 saturated carbocycles. The summed E-state index contributed by atoms with van der Waals surface area (Å²) in [6.07, 6.45) is 1.07. The summed E-state index contributed by atoms with van der Waals surface area (Å²) in [5.74, 6) is 0.808. The molecule has 2 amide bonds. The van der Waals surface area contributed by atoms with Crippen molar-refractivity contribution in [1.82, 2.24) is 9.88 Å². The van der Waals surface area contributed by atoms with Gasteiger partial charge in [0.05, 0.1) is 11.8 Å². The minimum Gasteiger partial charge on any atom is -0.491 e. The Morgan fingerprint density at radius 3 is 2.62 bits per heavy atom. The second-order valence-electron chi connectivity index (χ2n) is 6.72. The highest BCUT2D eigenvalue weighted by atomic mass is 32.1. The van der Waals surface area contributed by atoms with Crippen LogP contribution < -0.4 is 15.0 Å². The average Bonchev–Trinajstić information content (AvgIpc) is 2.89. The van der Waals surface area contributed by atoms with Gasteiger partial charge in [0.25, 0.3) is 0 Å². The molecule has 1 saturated heterocycles. The van der Waals surface area contributed by atoms with Crippen molar-refractivity contribution in [1.29, 1.82) is 0 Å². The number of nitrogens with zero attached hydrogens (tertiary/aromatic N) is 3. The number of carbonyl (C=O) groups excluding carboxylic acids is 1. The standard InChI is InChI=1S/C19H26N4O2S/c1-14(2)25-17-7-5-16(6-8-17)21-18(24)22-9-4-10-23(12-11-22)19-20-15(3)13-26-19/h5-8,13-14H,4,9-12H2,1-3H3,(H,21,24). The van der Waals surface area contributed by atoms with Crippen LogP contribution in [0.25, 0.3) is 0 Å². The van der Waals surface area contributed by atoms with Gasteiger partial charge in [-0.05, 0) is 51.5 Å². The van der Waals surface area contributed by atoms with Gasteiger partial charge in [-0.3, -0.25) is 0 Å². The first kappa shape index (κ1) is 18.5. The van der Waals surface area contributed by atoms with E-state index in [1.54, 1.807) is 11.3 Å². The Morgan fingerprint density at radius 2 is 1.96 bits per heavy atom. The van der Waals surface area contributed by atoms with Crippen molar-refractivity contribution in [3.8, 4) is 5.75 Å². The van der Waals surface area contributed by atoms with Crippen molar-refractivity contribution >= 4 is 28.2 Å². The average molecular weight is 375 g/mol. The van der Waals surface area contributed by atoms with E-state index in [9.17, 15) is 4.79 Å². The highest BCUT2D eigenvalue weighted by Gasteiger charge is 2.20. The summed E-state index contributed by atoms with van der Waals surface area (Å²) in [6.45, 7) is 9.17. The van der Waals surface area contributed by atoms with Crippen LogP contribution in [0.3, 0.4) is 0 Å². The van der Waals surface area contributed by atoms with E-state index < -0.39 is 0 Å². The Morgan fingerprint density at radius 1 is 1.19 bits per heavy atom. The first-order valence-electron chi connectivity index (χ1n) is 9.01. The van der Waals surface area contributed by atoms with Crippen molar-refractivity contribution < 1.29 is 9.53 Å². The van der Waals surface area contributed by atoms with E-state index in [1.807, 2.05) is 49.9 Å². The van der Waals surface area contributed by atoms with Gasteiger partial charge in [-0.2, -0.15) is 0 Å². The van der Waals surface area contributed by atoms with Crippen LogP contribution in [0.2, 0.25) is 0 Å². The van der Waals surface area contributed by atoms with E-state index in [4.69, 9.17) is 4.74 Å². The first-order valence-corrected chi connectivity index (χ1v) is 9.89. The summed E-state index contributed by atoms with van der Waals surface area (Å²) in [4.78, 5) is 21.3. The van der Waals surface area contributed by atoms with Gasteiger partial charge in [-0.25, -0.2) is 9.78 Å². The van der Waals surface area contributed by atoms with E-state index in [1.165, 1.54) is 0 Å². The Labute approximate surface area is 158 Å². The zero-order chi connectivity index (χ0) is 18.5. The zero-order valence-corrected chi connectivity index (χ0v) is 16.4. The Bertz CT molecular complexity index is 729. The fourth-order valence-electron chi connectivity index (χ4n) is 2.89. The lowest BCUT2D eigenvalue weighted by molar-refractivity contribution is 0.215. The molecule has 2 aromatic rings. The summed E-state index contributed by atoms with van der Waals surface area (Å²) in [5, 5.41) is 6.09. The number of hydrogen-bond donors (Lipinski definition) is 1. The monoisotopic (exact) mass is 374 g/mol. The smallest absolute Gasteiger partial charge is 0.321 e. The van der Waals surface area contributed by atoms with Crippen LogP contribution in [0.1, 0.15) is 26.0 Å². The summed E-state index contributed by atoms with van der Waals surface area (Å²) in [6, 6.07) is 7.45. The van der Waals surface area contributed by atoms with Gasteiger partial charge in [0.15, 0.2) is 5.13 Å². The second kappa shape index (κ2) is 8.40. The van der Waals surface area contributed by atoms with Gasteiger partial charge in [-0.15, -0.1) is 11.3 Å². The third-order valence-electron chi connectivity index (χ3n) is 4.14. The van der Waals surface area contributed by atoms with Crippen LogP contribution in [0, 0.1) is 6.92 Å². The van der Waals surface area contributed by atoms with Gasteiger partial charge in [0, 0.05) is 37.2 Å². The molecule has 0 spiro atoms. The number of aryl methyl sites for hydroxylation is 1. The molecule has 0 unspecified atom stereocenters. The predicted octanol–water partition coefficient (Wildman–Crippen LogP) is 3.98. The molecule has 2 heterocycles. The summed E-state index contributed by atoms with van der Waals surface area (Å²) >= 11 is 1.67. The Kier molecular flexibility index (Phi) is 5.98. The number of aromatic nitrogens is 1. The third-order valence-corrected chi connectivity index (χ3v) is 5.16. The van der Waals surface area contributed by atoms with Crippen LogP contribution in [-0.2, 0) is 0 Å². The number of ether oxygens (including phenoxy) is 1. The molecule has 26 heavy (non-hydrogen) atoms. The molecule has 7 heteroatoms. The number of urea groups is 1. The number of benzene rings is 1. The van der Waals surface area contributed by atoms with Crippen LogP contribution in [0.5, 0.6) is 5.75 Å². The number of carbonyl (C=O) groups is 1. The lowest BCUT2D eigenvalue weighted by Crippen LogP contribution is -2.38. The fraction of sp³-hybridized carbons (Fsp3) is 0.474. The topological polar surface area (TPSA) is 57.7 Å². The predicted molar refractivity (Wildman–Crippen MR) is 106 cm³/mol. The summed E-state index contributed by atoms with van der Waals surface area (Å²) < 4.78 is 5.63. The van der Waals surface area contributed by atoms with Gasteiger partial charge >= 0.3 is 6.03 Å². The molecule has 0 bridgehead atoms. The number of hydrogen-bond acceptors (Lipinski definition) is 5. The van der Waals surface area contributed by atoms with Crippen molar-refractivity contribution in [2.45, 2.75) is 33.3 Å². The lowest BCUT2D eigenvalue weighted by atomic mass is 10.3. The molecule has 1 aliphatic heterocycles. The van der Waals surface area contributed by atoms with Gasteiger partial charge in [0.2, 0.25) is 0 Å². The van der Waals surface area contributed by atoms with E-state index in [0.717, 1.165) is 48.3 Å². The van der Waals surface area contributed by atoms with Crippen molar-refractivity contribution in [3.63, 3.8) is 0 Å². The molecule has 6 nitrogen and oxygen atoms in total. The van der Waals surface area contributed by atoms with Gasteiger partial charge in [0.1, 0.15) is 5.75 Å². The summed E-state index contributed by atoms with van der Waals surface area (Å²) in [7, 11) is 0. The third kappa shape index (κ3) is 4.88. The Hall–Kier alpha value is -2.28. The number of thiazole rings is 1. The number of anilines is 2. The van der Waals surface area contributed by atoms with Crippen LogP contribution >= 0.6 is 11.3 Å². The first-order chi connectivity index (χ1) is 12.5. The van der Waals surface area contributed by atoms with E-state index in [0.29, 0.717) is 6.54 Å². The number of nitrogens with one attached hydrogen (secondary N) is 1. The molecule has 1 aliphatic rings. The molecular weight excluding hydrogens is 348 g/mol. The van der Waals surface area contributed by atoms with Crippen LogP contribution in [0.4, 0.5) is 15.6 Å². The molecule has 1 N–H and O–H groups in total. The molecule has 1 aromatic carbocycles. The summed E-state index contributed by atoms with van der Waals surface area (Å²) in [5.41, 5.74) is 1.83. The maximum Gasteiger partial charge on any atom is 0.321 e. The Balaban J connectivity index is 1.55. The highest BCUT2D eigenvalue weighted by Crippen LogP contribution is 2.22. The van der Waals surface area contributed by atoms with Crippen molar-refractivity contribution in [2.75, 3.05) is 36.4 Å². The molecule has 0 aliphatic carbocycles. The van der Waals surface area contributed by atoms with Gasteiger partial charge in [-0.1, -0.05) is 0 Å². The largest absolute Gasteiger partial charge is 0.491 e. The molecular formula is C19H26N4O2S. The molecule has 0 atom stereocenters. The normalized spacial score (nSPS) is 15.1. The second-order valence-corrected chi connectivity index (χ2v) is 7.56. The zero-order valence-electron chi connectivity index (χ0n) is 15.6. The van der Waals surface area contributed by atoms with Crippen molar-refractivity contribution in [2.24, 2.45) is 0 Å². The van der Waals surface area contributed by atoms with E-state index in [-0.39, 0.29) is 12.1 Å². The molecule has 0 radical (unpaired) electrons.